The van der Waals surface area contributed by atoms with Crippen molar-refractivity contribution in [3.8, 4) is 0 Å². The molecule has 0 radical (unpaired) electrons. The van der Waals surface area contributed by atoms with Crippen LogP contribution in [-0.4, -0.2) is 30.0 Å². The molecule has 1 aliphatic heterocycles. The van der Waals surface area contributed by atoms with Gasteiger partial charge in [-0.1, -0.05) is 23.9 Å². The molecule has 0 aliphatic carbocycles. The van der Waals surface area contributed by atoms with Crippen LogP contribution in [0.1, 0.15) is 20.3 Å². The fourth-order valence-electron chi connectivity index (χ4n) is 2.00. The highest BCUT2D eigenvalue weighted by Crippen LogP contribution is 2.47. The molecule has 108 valence electrons. The maximum absolute atomic E-state index is 12.3. The van der Waals surface area contributed by atoms with Gasteiger partial charge in [0.05, 0.1) is 19.6 Å². The third-order valence-corrected chi connectivity index (χ3v) is 4.15. The fourth-order valence-corrected chi connectivity index (χ4v) is 3.24. The zero-order valence-electron chi connectivity index (χ0n) is 11.5. The van der Waals surface area contributed by atoms with Crippen molar-refractivity contribution in [1.29, 1.82) is 0 Å². The van der Waals surface area contributed by atoms with Crippen molar-refractivity contribution in [2.45, 2.75) is 30.0 Å². The first-order valence-corrected chi connectivity index (χ1v) is 7.32. The van der Waals surface area contributed by atoms with E-state index >= 15 is 0 Å². The lowest BCUT2D eigenvalue weighted by Gasteiger charge is -2.25. The topological polar surface area (TPSA) is 64.6 Å². The van der Waals surface area contributed by atoms with Gasteiger partial charge in [0, 0.05) is 10.6 Å². The van der Waals surface area contributed by atoms with Gasteiger partial charge < -0.3 is 14.8 Å². The molecule has 0 saturated heterocycles. The first-order chi connectivity index (χ1) is 9.61. The number of ether oxygens (including phenoxy) is 2. The largest absolute Gasteiger partial charge is 0.466 e. The number of nitrogens with one attached hydrogen (secondary N) is 1. The molecule has 5 nitrogen and oxygen atoms in total. The standard InChI is InChI=1S/C14H17NO4S/c1-3-18-12(16)9-14(13(17)19-4-2)15-10-7-5-6-8-11(10)20-14/h5-8,15H,3-4,9H2,1-2H3. The molecule has 1 N–H and O–H groups in total. The van der Waals surface area contributed by atoms with Gasteiger partial charge >= 0.3 is 11.9 Å². The van der Waals surface area contributed by atoms with Crippen LogP contribution < -0.4 is 5.32 Å². The normalized spacial score (nSPS) is 19.9. The van der Waals surface area contributed by atoms with Crippen molar-refractivity contribution in [3.63, 3.8) is 0 Å². The van der Waals surface area contributed by atoms with E-state index in [9.17, 15) is 9.59 Å². The van der Waals surface area contributed by atoms with Gasteiger partial charge in [0.1, 0.15) is 0 Å². The minimum absolute atomic E-state index is 0.0704. The third-order valence-electron chi connectivity index (χ3n) is 2.81. The van der Waals surface area contributed by atoms with Crippen molar-refractivity contribution in [2.24, 2.45) is 0 Å². The highest BCUT2D eigenvalue weighted by Gasteiger charge is 2.48. The number of para-hydroxylation sites is 1. The molecule has 1 aromatic rings. The Morgan fingerprint density at radius 3 is 2.55 bits per heavy atom. The van der Waals surface area contributed by atoms with Crippen LogP contribution in [0, 0.1) is 0 Å². The molecule has 1 aliphatic rings. The first-order valence-electron chi connectivity index (χ1n) is 6.50. The minimum Gasteiger partial charge on any atom is -0.466 e. The van der Waals surface area contributed by atoms with E-state index in [1.165, 1.54) is 11.8 Å². The van der Waals surface area contributed by atoms with Crippen LogP contribution >= 0.6 is 11.8 Å². The fraction of sp³-hybridized carbons (Fsp3) is 0.429. The molecule has 0 aromatic heterocycles. The second kappa shape index (κ2) is 6.17. The summed E-state index contributed by atoms with van der Waals surface area (Å²) >= 11 is 1.30. The average molecular weight is 295 g/mol. The Morgan fingerprint density at radius 2 is 1.90 bits per heavy atom. The van der Waals surface area contributed by atoms with Gasteiger partial charge in [0.2, 0.25) is 0 Å². The van der Waals surface area contributed by atoms with Crippen LogP contribution in [0.25, 0.3) is 0 Å². The molecule has 6 heteroatoms. The molecule has 0 amide bonds. The first kappa shape index (κ1) is 14.7. The summed E-state index contributed by atoms with van der Waals surface area (Å²) in [6, 6.07) is 7.53. The smallest absolute Gasteiger partial charge is 0.343 e. The van der Waals surface area contributed by atoms with Crippen LogP contribution in [0.4, 0.5) is 5.69 Å². The third kappa shape index (κ3) is 2.90. The molecule has 1 atom stereocenters. The molecule has 20 heavy (non-hydrogen) atoms. The predicted molar refractivity (Wildman–Crippen MR) is 76.5 cm³/mol. The summed E-state index contributed by atoms with van der Waals surface area (Å²) in [5, 5.41) is 3.11. The number of benzene rings is 1. The Bertz CT molecular complexity index is 493. The molecule has 1 unspecified atom stereocenters. The summed E-state index contributed by atoms with van der Waals surface area (Å²) in [5.41, 5.74) is 0.829. The number of rotatable bonds is 5. The Balaban J connectivity index is 2.24. The second-order valence-electron chi connectivity index (χ2n) is 4.25. The molecule has 0 bridgehead atoms. The summed E-state index contributed by atoms with van der Waals surface area (Å²) in [5.74, 6) is -0.873. The van der Waals surface area contributed by atoms with E-state index in [-0.39, 0.29) is 19.6 Å². The number of esters is 2. The minimum atomic E-state index is -1.13. The molecule has 2 rings (SSSR count). The van der Waals surface area contributed by atoms with Gasteiger partial charge in [0.25, 0.3) is 0 Å². The van der Waals surface area contributed by atoms with Crippen molar-refractivity contribution in [1.82, 2.24) is 0 Å². The number of carbonyl (C=O) groups is 2. The number of anilines is 1. The Hall–Kier alpha value is -1.69. The van der Waals surface area contributed by atoms with E-state index in [0.717, 1.165) is 10.6 Å². The molecular weight excluding hydrogens is 278 g/mol. The zero-order valence-corrected chi connectivity index (χ0v) is 12.3. The van der Waals surface area contributed by atoms with E-state index in [0.29, 0.717) is 0 Å². The van der Waals surface area contributed by atoms with Crippen LogP contribution in [-0.2, 0) is 19.1 Å². The Labute approximate surface area is 122 Å². The molecule has 1 heterocycles. The van der Waals surface area contributed by atoms with Gasteiger partial charge in [-0.05, 0) is 26.0 Å². The van der Waals surface area contributed by atoms with E-state index in [1.54, 1.807) is 13.8 Å². The maximum atomic E-state index is 12.3. The molecule has 1 aromatic carbocycles. The van der Waals surface area contributed by atoms with Crippen molar-refractivity contribution in [3.05, 3.63) is 24.3 Å². The summed E-state index contributed by atoms with van der Waals surface area (Å²) in [6.45, 7) is 4.03. The summed E-state index contributed by atoms with van der Waals surface area (Å²) < 4.78 is 10.1. The van der Waals surface area contributed by atoms with Crippen molar-refractivity contribution >= 4 is 29.4 Å². The predicted octanol–water partition coefficient (Wildman–Crippen LogP) is 2.42. The van der Waals surface area contributed by atoms with Crippen LogP contribution in [0.3, 0.4) is 0 Å². The lowest BCUT2D eigenvalue weighted by molar-refractivity contribution is -0.151. The maximum Gasteiger partial charge on any atom is 0.343 e. The number of thioether (sulfide) groups is 1. The highest BCUT2D eigenvalue weighted by molar-refractivity contribution is 8.02. The number of hydrogen-bond donors (Lipinski definition) is 1. The average Bonchev–Trinajstić information content (AvgIpc) is 2.78. The van der Waals surface area contributed by atoms with Gasteiger partial charge in [0.15, 0.2) is 4.87 Å². The van der Waals surface area contributed by atoms with E-state index in [2.05, 4.69) is 5.32 Å². The molecule has 0 saturated carbocycles. The van der Waals surface area contributed by atoms with Gasteiger partial charge in [-0.3, -0.25) is 4.79 Å². The molecule has 0 spiro atoms. The van der Waals surface area contributed by atoms with Crippen LogP contribution in [0.5, 0.6) is 0 Å². The summed E-state index contributed by atoms with van der Waals surface area (Å²) in [6.07, 6.45) is -0.0704. The quantitative estimate of drug-likeness (QED) is 0.842. The summed E-state index contributed by atoms with van der Waals surface area (Å²) in [4.78, 5) is 23.8. The van der Waals surface area contributed by atoms with Gasteiger partial charge in [-0.2, -0.15) is 0 Å². The number of hydrogen-bond acceptors (Lipinski definition) is 6. The summed E-state index contributed by atoms with van der Waals surface area (Å²) in [7, 11) is 0. The van der Waals surface area contributed by atoms with Crippen LogP contribution in [0.15, 0.2) is 29.2 Å². The molecule has 0 fully saturated rings. The Morgan fingerprint density at radius 1 is 1.20 bits per heavy atom. The van der Waals surface area contributed by atoms with Crippen molar-refractivity contribution in [2.75, 3.05) is 18.5 Å². The van der Waals surface area contributed by atoms with E-state index in [4.69, 9.17) is 9.47 Å². The monoisotopic (exact) mass is 295 g/mol. The number of carbonyl (C=O) groups excluding carboxylic acids is 2. The molecular formula is C14H17NO4S. The van der Waals surface area contributed by atoms with Gasteiger partial charge in [-0.15, -0.1) is 0 Å². The second-order valence-corrected chi connectivity index (χ2v) is 5.59. The van der Waals surface area contributed by atoms with E-state index < -0.39 is 16.8 Å². The lowest BCUT2D eigenvalue weighted by Crippen LogP contribution is -2.44. The number of fused-ring (bicyclic) bond motifs is 1. The van der Waals surface area contributed by atoms with Gasteiger partial charge in [-0.25, -0.2) is 4.79 Å². The Kier molecular flexibility index (Phi) is 4.54. The zero-order chi connectivity index (χ0) is 14.6. The highest BCUT2D eigenvalue weighted by atomic mass is 32.2. The van der Waals surface area contributed by atoms with Crippen molar-refractivity contribution < 1.29 is 19.1 Å². The van der Waals surface area contributed by atoms with E-state index in [1.807, 2.05) is 24.3 Å². The SMILES string of the molecule is CCOC(=O)CC1(C(=O)OCC)Nc2ccccc2S1. The lowest BCUT2D eigenvalue weighted by atomic mass is 10.2. The van der Waals surface area contributed by atoms with Crippen LogP contribution in [0.2, 0.25) is 0 Å².